The van der Waals surface area contributed by atoms with Gasteiger partial charge >= 0.3 is 6.01 Å². The maximum atomic E-state index is 6.10. The van der Waals surface area contributed by atoms with Gasteiger partial charge in [0.1, 0.15) is 0 Å². The van der Waals surface area contributed by atoms with Crippen molar-refractivity contribution < 1.29 is 4.74 Å². The molecule has 0 bridgehead atoms. The summed E-state index contributed by atoms with van der Waals surface area (Å²) in [5.74, 6) is 0. The van der Waals surface area contributed by atoms with Gasteiger partial charge in [-0.05, 0) is 24.1 Å². The lowest BCUT2D eigenvalue weighted by atomic mass is 10.0. The van der Waals surface area contributed by atoms with Crippen LogP contribution in [0.2, 0.25) is 5.02 Å². The van der Waals surface area contributed by atoms with Crippen molar-refractivity contribution in [1.29, 1.82) is 0 Å². The van der Waals surface area contributed by atoms with E-state index in [0.717, 1.165) is 16.1 Å². The smallest absolute Gasteiger partial charge is 0.316 e. The fourth-order valence-electron chi connectivity index (χ4n) is 1.62. The third kappa shape index (κ3) is 3.18. The Bertz CT molecular complexity index is 499. The van der Waals surface area contributed by atoms with Crippen molar-refractivity contribution in [2.75, 3.05) is 7.11 Å². The first kappa shape index (κ1) is 12.8. The van der Waals surface area contributed by atoms with Gasteiger partial charge in [-0.25, -0.2) is 9.97 Å². The molecule has 2 aromatic rings. The third-order valence-corrected chi connectivity index (χ3v) is 2.88. The minimum absolute atomic E-state index is 0.142. The lowest BCUT2D eigenvalue weighted by molar-refractivity contribution is 0.379. The van der Waals surface area contributed by atoms with Crippen LogP contribution in [0.1, 0.15) is 17.2 Å². The molecule has 0 amide bonds. The molecule has 1 aromatic carbocycles. The summed E-state index contributed by atoms with van der Waals surface area (Å²) in [4.78, 5) is 8.08. The van der Waals surface area contributed by atoms with E-state index in [1.165, 1.54) is 7.11 Å². The molecule has 5 heteroatoms. The number of halogens is 1. The monoisotopic (exact) mass is 263 g/mol. The van der Waals surface area contributed by atoms with Gasteiger partial charge in [-0.3, -0.25) is 0 Å². The van der Waals surface area contributed by atoms with Crippen LogP contribution in [0.3, 0.4) is 0 Å². The van der Waals surface area contributed by atoms with Gasteiger partial charge in [-0.15, -0.1) is 0 Å². The molecule has 0 fully saturated rings. The zero-order valence-electron chi connectivity index (χ0n) is 10.0. The first-order chi connectivity index (χ1) is 8.69. The van der Waals surface area contributed by atoms with Crippen molar-refractivity contribution in [3.63, 3.8) is 0 Å². The molecule has 0 saturated heterocycles. The summed E-state index contributed by atoms with van der Waals surface area (Å²) in [5.41, 5.74) is 8.11. The highest BCUT2D eigenvalue weighted by atomic mass is 35.5. The van der Waals surface area contributed by atoms with Crippen molar-refractivity contribution in [2.24, 2.45) is 5.73 Å². The fourth-order valence-corrected chi connectivity index (χ4v) is 1.74. The van der Waals surface area contributed by atoms with E-state index in [4.69, 9.17) is 22.1 Å². The molecule has 0 aliphatic rings. The number of hydrogen-bond donors (Lipinski definition) is 1. The molecular weight excluding hydrogens is 250 g/mol. The second-order valence-electron chi connectivity index (χ2n) is 3.94. The van der Waals surface area contributed by atoms with Crippen molar-refractivity contribution in [1.82, 2.24) is 9.97 Å². The molecule has 0 radical (unpaired) electrons. The third-order valence-electron chi connectivity index (χ3n) is 2.63. The van der Waals surface area contributed by atoms with Crippen LogP contribution in [-0.2, 0) is 6.42 Å². The standard InChI is InChI=1S/C13H14ClN3O/c1-18-13-16-7-10(8-17-13)12(15)6-9-2-4-11(14)5-3-9/h2-5,7-8,12H,6,15H2,1H3. The first-order valence-corrected chi connectivity index (χ1v) is 5.93. The van der Waals surface area contributed by atoms with Gasteiger partial charge in [-0.2, -0.15) is 0 Å². The van der Waals surface area contributed by atoms with Crippen LogP contribution in [0.25, 0.3) is 0 Å². The van der Waals surface area contributed by atoms with Crippen molar-refractivity contribution in [3.8, 4) is 6.01 Å². The summed E-state index contributed by atoms with van der Waals surface area (Å²) >= 11 is 5.83. The van der Waals surface area contributed by atoms with Crippen LogP contribution in [0, 0.1) is 0 Å². The predicted molar refractivity (Wildman–Crippen MR) is 70.7 cm³/mol. The second-order valence-corrected chi connectivity index (χ2v) is 4.38. The molecule has 1 unspecified atom stereocenters. The van der Waals surface area contributed by atoms with E-state index in [1.807, 2.05) is 24.3 Å². The van der Waals surface area contributed by atoms with Gasteiger partial charge in [0.2, 0.25) is 0 Å². The Hall–Kier alpha value is -1.65. The Kier molecular flexibility index (Phi) is 4.12. The van der Waals surface area contributed by atoms with E-state index in [0.29, 0.717) is 12.4 Å². The SMILES string of the molecule is COc1ncc(C(N)Cc2ccc(Cl)cc2)cn1. The average molecular weight is 264 g/mol. The van der Waals surface area contributed by atoms with Crippen molar-refractivity contribution in [3.05, 3.63) is 52.8 Å². The topological polar surface area (TPSA) is 61.0 Å². The Morgan fingerprint density at radius 3 is 2.39 bits per heavy atom. The lowest BCUT2D eigenvalue weighted by Gasteiger charge is -2.11. The predicted octanol–water partition coefficient (Wildman–Crippen LogP) is 2.38. The van der Waals surface area contributed by atoms with Crippen molar-refractivity contribution >= 4 is 11.6 Å². The van der Waals surface area contributed by atoms with E-state index in [1.54, 1.807) is 12.4 Å². The van der Waals surface area contributed by atoms with Crippen LogP contribution in [0.4, 0.5) is 0 Å². The molecule has 2 rings (SSSR count). The van der Waals surface area contributed by atoms with Gasteiger partial charge in [0.05, 0.1) is 7.11 Å². The number of hydrogen-bond acceptors (Lipinski definition) is 4. The Balaban J connectivity index is 2.06. The molecule has 4 nitrogen and oxygen atoms in total. The highest BCUT2D eigenvalue weighted by Crippen LogP contribution is 2.17. The first-order valence-electron chi connectivity index (χ1n) is 5.55. The molecule has 0 aliphatic heterocycles. The van der Waals surface area contributed by atoms with Crippen LogP contribution in [0.5, 0.6) is 6.01 Å². The summed E-state index contributed by atoms with van der Waals surface area (Å²) in [7, 11) is 1.53. The minimum Gasteiger partial charge on any atom is -0.467 e. The number of aromatic nitrogens is 2. The van der Waals surface area contributed by atoms with Crippen molar-refractivity contribution in [2.45, 2.75) is 12.5 Å². The second kappa shape index (κ2) is 5.80. The van der Waals surface area contributed by atoms with E-state index in [-0.39, 0.29) is 6.04 Å². The summed E-state index contributed by atoms with van der Waals surface area (Å²) in [6.07, 6.45) is 4.09. The highest BCUT2D eigenvalue weighted by molar-refractivity contribution is 6.30. The number of nitrogens with two attached hydrogens (primary N) is 1. The van der Waals surface area contributed by atoms with Gasteiger partial charge in [0.15, 0.2) is 0 Å². The summed E-state index contributed by atoms with van der Waals surface area (Å²) in [6, 6.07) is 7.84. The maximum Gasteiger partial charge on any atom is 0.316 e. The number of rotatable bonds is 4. The van der Waals surface area contributed by atoms with Crippen LogP contribution >= 0.6 is 11.6 Å². The summed E-state index contributed by atoms with van der Waals surface area (Å²) in [5, 5.41) is 0.722. The van der Waals surface area contributed by atoms with E-state index >= 15 is 0 Å². The average Bonchev–Trinajstić information content (AvgIpc) is 2.41. The quantitative estimate of drug-likeness (QED) is 0.920. The molecule has 0 aliphatic carbocycles. The zero-order chi connectivity index (χ0) is 13.0. The summed E-state index contributed by atoms with van der Waals surface area (Å²) in [6.45, 7) is 0. The molecule has 0 saturated carbocycles. The van der Waals surface area contributed by atoms with E-state index < -0.39 is 0 Å². The molecule has 1 atom stereocenters. The molecule has 94 valence electrons. The lowest BCUT2D eigenvalue weighted by Crippen LogP contribution is -2.14. The van der Waals surface area contributed by atoms with E-state index in [9.17, 15) is 0 Å². The van der Waals surface area contributed by atoms with Crippen LogP contribution < -0.4 is 10.5 Å². The van der Waals surface area contributed by atoms with Gasteiger partial charge in [0.25, 0.3) is 0 Å². The number of benzene rings is 1. The van der Waals surface area contributed by atoms with Crippen LogP contribution in [-0.4, -0.2) is 17.1 Å². The molecule has 0 spiro atoms. The normalized spacial score (nSPS) is 12.2. The zero-order valence-corrected chi connectivity index (χ0v) is 10.8. The Morgan fingerprint density at radius 2 is 1.83 bits per heavy atom. The number of methoxy groups -OCH3 is 1. The van der Waals surface area contributed by atoms with Gasteiger partial charge in [-0.1, -0.05) is 23.7 Å². The van der Waals surface area contributed by atoms with Crippen LogP contribution in [0.15, 0.2) is 36.7 Å². The minimum atomic E-state index is -0.142. The number of nitrogens with zero attached hydrogens (tertiary/aromatic N) is 2. The Morgan fingerprint density at radius 1 is 1.22 bits per heavy atom. The van der Waals surface area contributed by atoms with E-state index in [2.05, 4.69) is 9.97 Å². The molecule has 2 N–H and O–H groups in total. The Labute approximate surface area is 111 Å². The number of ether oxygens (including phenoxy) is 1. The molecule has 18 heavy (non-hydrogen) atoms. The molecular formula is C13H14ClN3O. The molecule has 1 heterocycles. The molecule has 1 aromatic heterocycles. The fraction of sp³-hybridized carbons (Fsp3) is 0.231. The van der Waals surface area contributed by atoms with Gasteiger partial charge in [0, 0.05) is 29.0 Å². The van der Waals surface area contributed by atoms with Gasteiger partial charge < -0.3 is 10.5 Å². The maximum absolute atomic E-state index is 6.10. The largest absolute Gasteiger partial charge is 0.467 e. The highest BCUT2D eigenvalue weighted by Gasteiger charge is 2.08. The summed E-state index contributed by atoms with van der Waals surface area (Å²) < 4.78 is 4.90.